The third-order valence-electron chi connectivity index (χ3n) is 3.52. The van der Waals surface area contributed by atoms with Crippen molar-refractivity contribution in [3.05, 3.63) is 0 Å². The molecule has 0 aromatic rings. The van der Waals surface area contributed by atoms with Crippen molar-refractivity contribution in [2.75, 3.05) is 39.9 Å². The maximum atomic E-state index is 12.0. The lowest BCUT2D eigenvalue weighted by molar-refractivity contribution is -0.133. The van der Waals surface area contributed by atoms with E-state index in [9.17, 15) is 4.79 Å². The Bertz CT molecular complexity index is 350. The van der Waals surface area contributed by atoms with Crippen molar-refractivity contribution in [1.29, 1.82) is 0 Å². The minimum atomic E-state index is 0. The van der Waals surface area contributed by atoms with Gasteiger partial charge in [0.2, 0.25) is 5.91 Å². The Balaban J connectivity index is 0.00000441. The Kier molecular flexibility index (Phi) is 11.6. The second kappa shape index (κ2) is 11.9. The van der Waals surface area contributed by atoms with Crippen molar-refractivity contribution >= 4 is 35.8 Å². The van der Waals surface area contributed by atoms with Crippen LogP contribution in [-0.2, 0) is 9.53 Å². The number of ether oxygens (including phenoxy) is 1. The summed E-state index contributed by atoms with van der Waals surface area (Å²) in [5.74, 6) is 1.11. The average molecular weight is 426 g/mol. The van der Waals surface area contributed by atoms with E-state index in [0.29, 0.717) is 0 Å². The van der Waals surface area contributed by atoms with Crippen molar-refractivity contribution in [3.63, 3.8) is 0 Å². The summed E-state index contributed by atoms with van der Waals surface area (Å²) >= 11 is 0. The number of nitrogens with zero attached hydrogens (tertiary/aromatic N) is 2. The number of aliphatic imine (C=N–C) groups is 1. The Labute approximate surface area is 151 Å². The van der Waals surface area contributed by atoms with Gasteiger partial charge >= 0.3 is 0 Å². The van der Waals surface area contributed by atoms with E-state index in [2.05, 4.69) is 15.6 Å². The maximum absolute atomic E-state index is 12.0. The van der Waals surface area contributed by atoms with E-state index in [-0.39, 0.29) is 41.8 Å². The molecule has 1 fully saturated rings. The molecule has 130 valence electrons. The number of carbonyl (C=O) groups is 1. The molecule has 1 aliphatic heterocycles. The van der Waals surface area contributed by atoms with Crippen LogP contribution in [-0.4, -0.2) is 62.7 Å². The Morgan fingerprint density at radius 1 is 1.45 bits per heavy atom. The van der Waals surface area contributed by atoms with Gasteiger partial charge < -0.3 is 20.3 Å². The molecule has 0 bridgehead atoms. The largest absolute Gasteiger partial charge is 0.382 e. The third kappa shape index (κ3) is 7.62. The quantitative estimate of drug-likeness (QED) is 0.280. The third-order valence-corrected chi connectivity index (χ3v) is 3.52. The van der Waals surface area contributed by atoms with E-state index in [1.54, 1.807) is 7.05 Å². The van der Waals surface area contributed by atoms with Gasteiger partial charge in [0.05, 0.1) is 0 Å². The lowest BCUT2D eigenvalue weighted by Crippen LogP contribution is -2.45. The maximum Gasteiger partial charge on any atom is 0.225 e. The second-order valence-corrected chi connectivity index (χ2v) is 5.62. The zero-order valence-corrected chi connectivity index (χ0v) is 16.6. The van der Waals surface area contributed by atoms with Crippen molar-refractivity contribution in [2.45, 2.75) is 39.7 Å². The van der Waals surface area contributed by atoms with Crippen LogP contribution in [0.3, 0.4) is 0 Å². The molecule has 6 nitrogen and oxygen atoms in total. The monoisotopic (exact) mass is 426 g/mol. The SMILES string of the molecule is CCOCCCNC(=NC)NC1CCN(C(=O)C(C)C)C1.I. The van der Waals surface area contributed by atoms with Gasteiger partial charge in [-0.1, -0.05) is 13.8 Å². The molecular formula is C15H31IN4O2. The molecule has 0 aromatic carbocycles. The van der Waals surface area contributed by atoms with E-state index in [4.69, 9.17) is 4.74 Å². The molecule has 2 N–H and O–H groups in total. The first-order chi connectivity index (χ1) is 10.1. The highest BCUT2D eigenvalue weighted by Gasteiger charge is 2.27. The fourth-order valence-corrected chi connectivity index (χ4v) is 2.36. The average Bonchev–Trinajstić information content (AvgIpc) is 2.93. The predicted octanol–water partition coefficient (Wildman–Crippen LogP) is 1.45. The molecule has 1 amide bonds. The molecule has 0 aliphatic carbocycles. The van der Waals surface area contributed by atoms with Gasteiger partial charge in [0.1, 0.15) is 0 Å². The molecule has 22 heavy (non-hydrogen) atoms. The molecule has 1 rings (SSSR count). The van der Waals surface area contributed by atoms with E-state index in [0.717, 1.165) is 51.6 Å². The number of likely N-dealkylation sites (tertiary alicyclic amines) is 1. The van der Waals surface area contributed by atoms with E-state index in [1.165, 1.54) is 0 Å². The van der Waals surface area contributed by atoms with E-state index < -0.39 is 0 Å². The van der Waals surface area contributed by atoms with Crippen LogP contribution in [0.1, 0.15) is 33.6 Å². The standard InChI is InChI=1S/C15H30N4O2.HI/c1-5-21-10-6-8-17-15(16-4)18-13-7-9-19(11-13)14(20)12(2)3;/h12-13H,5-11H2,1-4H3,(H2,16,17,18);1H. The van der Waals surface area contributed by atoms with Crippen molar-refractivity contribution in [3.8, 4) is 0 Å². The highest BCUT2D eigenvalue weighted by molar-refractivity contribution is 14.0. The molecule has 1 unspecified atom stereocenters. The molecule has 0 saturated carbocycles. The highest BCUT2D eigenvalue weighted by atomic mass is 127. The fraction of sp³-hybridized carbons (Fsp3) is 0.867. The lowest BCUT2D eigenvalue weighted by atomic mass is 10.2. The molecule has 1 aliphatic rings. The first-order valence-electron chi connectivity index (χ1n) is 7.92. The predicted molar refractivity (Wildman–Crippen MR) is 101 cm³/mol. The van der Waals surface area contributed by atoms with E-state index >= 15 is 0 Å². The molecule has 1 heterocycles. The minimum Gasteiger partial charge on any atom is -0.382 e. The molecule has 1 atom stereocenters. The van der Waals surface area contributed by atoms with Gasteiger partial charge in [-0.05, 0) is 19.8 Å². The first-order valence-corrected chi connectivity index (χ1v) is 7.92. The first kappa shape index (κ1) is 21.4. The number of halogens is 1. The summed E-state index contributed by atoms with van der Waals surface area (Å²) in [6, 6.07) is 0.283. The fourth-order valence-electron chi connectivity index (χ4n) is 2.36. The van der Waals surface area contributed by atoms with Crippen LogP contribution in [0.5, 0.6) is 0 Å². The van der Waals surface area contributed by atoms with Gasteiger partial charge in [-0.15, -0.1) is 24.0 Å². The second-order valence-electron chi connectivity index (χ2n) is 5.62. The topological polar surface area (TPSA) is 66.0 Å². The number of nitrogens with one attached hydrogen (secondary N) is 2. The van der Waals surface area contributed by atoms with Crippen LogP contribution in [0.4, 0.5) is 0 Å². The number of hydrogen-bond acceptors (Lipinski definition) is 3. The molecule has 0 radical (unpaired) electrons. The van der Waals surface area contributed by atoms with Gasteiger partial charge in [-0.3, -0.25) is 9.79 Å². The molecule has 0 spiro atoms. The summed E-state index contributed by atoms with van der Waals surface area (Å²) in [5.41, 5.74) is 0. The summed E-state index contributed by atoms with van der Waals surface area (Å²) in [6.07, 6.45) is 1.93. The van der Waals surface area contributed by atoms with Crippen LogP contribution >= 0.6 is 24.0 Å². The highest BCUT2D eigenvalue weighted by Crippen LogP contribution is 2.12. The molecule has 0 aromatic heterocycles. The normalized spacial score (nSPS) is 18.3. The molecule has 1 saturated heterocycles. The van der Waals surface area contributed by atoms with Crippen molar-refractivity contribution in [1.82, 2.24) is 15.5 Å². The lowest BCUT2D eigenvalue weighted by Gasteiger charge is -2.20. The van der Waals surface area contributed by atoms with Crippen molar-refractivity contribution < 1.29 is 9.53 Å². The van der Waals surface area contributed by atoms with Gasteiger partial charge in [-0.25, -0.2) is 0 Å². The van der Waals surface area contributed by atoms with Gasteiger partial charge in [0, 0.05) is 51.9 Å². The smallest absolute Gasteiger partial charge is 0.225 e. The summed E-state index contributed by atoms with van der Waals surface area (Å²) in [4.78, 5) is 18.1. The van der Waals surface area contributed by atoms with E-state index in [1.807, 2.05) is 25.7 Å². The number of hydrogen-bond donors (Lipinski definition) is 2. The zero-order chi connectivity index (χ0) is 15.7. The van der Waals surface area contributed by atoms with Gasteiger partial charge in [0.25, 0.3) is 0 Å². The molecular weight excluding hydrogens is 395 g/mol. The Morgan fingerprint density at radius 2 is 2.18 bits per heavy atom. The van der Waals surface area contributed by atoms with Crippen LogP contribution in [0.15, 0.2) is 4.99 Å². The number of rotatable bonds is 7. The Hall–Kier alpha value is -0.570. The summed E-state index contributed by atoms with van der Waals surface area (Å²) in [6.45, 7) is 9.84. The minimum absolute atomic E-state index is 0. The van der Waals surface area contributed by atoms with Crippen LogP contribution in [0.2, 0.25) is 0 Å². The number of guanidine groups is 1. The van der Waals surface area contributed by atoms with Crippen LogP contribution in [0.25, 0.3) is 0 Å². The van der Waals surface area contributed by atoms with Crippen LogP contribution < -0.4 is 10.6 Å². The zero-order valence-electron chi connectivity index (χ0n) is 14.2. The van der Waals surface area contributed by atoms with Gasteiger partial charge in [-0.2, -0.15) is 0 Å². The summed E-state index contributed by atoms with van der Waals surface area (Å²) < 4.78 is 5.30. The Morgan fingerprint density at radius 3 is 2.77 bits per heavy atom. The summed E-state index contributed by atoms with van der Waals surface area (Å²) in [5, 5.41) is 6.66. The van der Waals surface area contributed by atoms with Crippen LogP contribution in [0, 0.1) is 5.92 Å². The van der Waals surface area contributed by atoms with Gasteiger partial charge in [0.15, 0.2) is 5.96 Å². The number of carbonyl (C=O) groups excluding carboxylic acids is 1. The summed E-state index contributed by atoms with van der Waals surface area (Å²) in [7, 11) is 1.77. The number of amides is 1. The van der Waals surface area contributed by atoms with Crippen molar-refractivity contribution in [2.24, 2.45) is 10.9 Å². The molecule has 7 heteroatoms.